The third kappa shape index (κ3) is 9.78. The molecule has 1 aliphatic rings. The second-order valence-corrected chi connectivity index (χ2v) is 62.6. The van der Waals surface area contributed by atoms with E-state index in [0.29, 0.717) is 12.1 Å². The van der Waals surface area contributed by atoms with Gasteiger partial charge in [0.25, 0.3) is 5.91 Å². The molecule has 1 N–H and O–H groups in total. The Kier molecular flexibility index (Phi) is 15.2. The number of nitrogens with one attached hydrogen (secondary N) is 1. The second kappa shape index (κ2) is 16.6. The summed E-state index contributed by atoms with van der Waals surface area (Å²) in [6.45, 7) is 6.72. The van der Waals surface area contributed by atoms with E-state index in [1.807, 2.05) is 44.9 Å². The molecule has 1 saturated heterocycles. The highest BCUT2D eigenvalue weighted by Gasteiger charge is 2.23. The highest BCUT2D eigenvalue weighted by Crippen LogP contribution is 2.28. The Balaban J connectivity index is 0.000000273. The predicted octanol–water partition coefficient (Wildman–Crippen LogP) is 3.83. The highest BCUT2D eigenvalue weighted by molar-refractivity contribution is 14.2. The minimum Gasteiger partial charge on any atom is -0.348 e. The van der Waals surface area contributed by atoms with E-state index in [4.69, 9.17) is 112 Å². The van der Waals surface area contributed by atoms with E-state index >= 15 is 0 Å². The number of carbonyl (C=O) groups is 1. The standard InChI is InChI=1S/C21H25N5O.IS15/c1-2-26-20-10-9-18(13-19(20)23-24-26)21(27)22-14-16-5-7-17(8-6-16)15-25-11-3-4-12-25;1-13(4,5)15(8,9)16(10,11)14(6,7)12(2)3/h5-10,13H,2-4,11-12,14-15H2,1H3,(H,22,27);/q;-1. The average molecular weight is 971 g/mol. The van der Waals surface area contributed by atoms with Gasteiger partial charge in [0, 0.05) is 60.2 Å². The van der Waals surface area contributed by atoms with Crippen LogP contribution < -0.4 is 5.32 Å². The van der Waals surface area contributed by atoms with Gasteiger partial charge in [0.2, 0.25) is 0 Å². The fourth-order valence-electron chi connectivity index (χ4n) is 3.86. The number of aryl methyl sites for hydroxylation is 1. The van der Waals surface area contributed by atoms with Gasteiger partial charge in [-0.05, 0) is 129 Å². The van der Waals surface area contributed by atoms with Gasteiger partial charge in [-0.2, -0.15) is 0 Å². The topological polar surface area (TPSA) is 63.1 Å². The molecular formula is C21H25IN5OS15-. The van der Waals surface area contributed by atoms with Crippen molar-refractivity contribution < 1.29 is 4.79 Å². The summed E-state index contributed by atoms with van der Waals surface area (Å²) in [5.41, 5.74) is 4.73. The smallest absolute Gasteiger partial charge is 0.251 e. The fourth-order valence-corrected chi connectivity index (χ4v) is 78.6. The summed E-state index contributed by atoms with van der Waals surface area (Å²) in [7, 11) is -1.06. The molecule has 0 saturated carbocycles. The van der Waals surface area contributed by atoms with Gasteiger partial charge in [0.05, 0.1) is 5.52 Å². The fraction of sp³-hybridized carbons (Fsp3) is 0.381. The third-order valence-corrected chi connectivity index (χ3v) is 86.6. The molecule has 2 aromatic carbocycles. The number of hydrogen-bond acceptors (Lipinski definition) is 15. The molecule has 1 aromatic heterocycles. The van der Waals surface area contributed by atoms with Crippen LogP contribution in [-0.4, -0.2) is 38.9 Å². The molecule has 0 atom stereocenters. The van der Waals surface area contributed by atoms with Crippen molar-refractivity contribution in [3.05, 3.63) is 59.2 Å². The molecule has 0 aliphatic carbocycles. The van der Waals surface area contributed by atoms with E-state index in [2.05, 4.69) is 44.8 Å². The molecule has 6 nitrogen and oxygen atoms in total. The molecule has 1 amide bonds. The van der Waals surface area contributed by atoms with Crippen LogP contribution in [0.25, 0.3) is 11.0 Å². The van der Waals surface area contributed by atoms with Gasteiger partial charge in [0.1, 0.15) is 5.52 Å². The second-order valence-electron chi connectivity index (χ2n) is 8.91. The molecule has 238 valence electrons. The van der Waals surface area contributed by atoms with Crippen LogP contribution in [0, 0.1) is 0 Å². The lowest BCUT2D eigenvalue weighted by molar-refractivity contribution is 0.0951. The van der Waals surface area contributed by atoms with Crippen molar-refractivity contribution in [1.82, 2.24) is 25.2 Å². The monoisotopic (exact) mass is 970 g/mol. The van der Waals surface area contributed by atoms with Crippen LogP contribution in [-0.2, 0) is 158 Å². The molecule has 2 heterocycles. The number of hydrogen-bond donors (Lipinski definition) is 1. The lowest BCUT2D eigenvalue weighted by Crippen LogP contribution is -2.22. The number of rotatable bonds is 10. The molecule has 4 rings (SSSR count). The van der Waals surface area contributed by atoms with Crippen molar-refractivity contribution in [2.24, 2.45) is 0 Å². The number of fused-ring (bicyclic) bond motifs is 1. The molecule has 43 heavy (non-hydrogen) atoms. The summed E-state index contributed by atoms with van der Waals surface area (Å²) >= 11 is 54.1. The predicted molar refractivity (Wildman–Crippen MR) is 230 cm³/mol. The first kappa shape index (κ1) is 39.4. The van der Waals surface area contributed by atoms with Crippen molar-refractivity contribution in [3.8, 4) is 0 Å². The van der Waals surface area contributed by atoms with Crippen LogP contribution in [0.15, 0.2) is 42.5 Å². The number of aromatic nitrogens is 3. The maximum atomic E-state index is 12.5. The van der Waals surface area contributed by atoms with Crippen LogP contribution in [0.5, 0.6) is 0 Å². The van der Waals surface area contributed by atoms with Crippen molar-refractivity contribution in [1.29, 1.82) is 0 Å². The number of benzene rings is 2. The molecule has 1 aliphatic heterocycles. The Labute approximate surface area is 312 Å². The summed E-state index contributed by atoms with van der Waals surface area (Å²) in [4.78, 5) is 15.0. The highest BCUT2D eigenvalue weighted by atomic mass is 127. The van der Waals surface area contributed by atoms with E-state index in [1.165, 1.54) is 31.5 Å². The summed E-state index contributed by atoms with van der Waals surface area (Å²) in [6.07, 6.45) is 2.62. The lowest BCUT2D eigenvalue weighted by atomic mass is 10.1. The van der Waals surface area contributed by atoms with E-state index in [1.54, 1.807) is 6.07 Å². The number of amides is 1. The Hall–Kier alpha value is 1.95. The molecule has 0 spiro atoms. The van der Waals surface area contributed by atoms with E-state index in [0.717, 1.165) is 29.7 Å². The Morgan fingerprint density at radius 1 is 0.930 bits per heavy atom. The molecule has 3 aromatic rings. The van der Waals surface area contributed by atoms with E-state index < -0.39 is 26.0 Å². The molecule has 0 unspecified atom stereocenters. The minimum atomic E-state index is -2.48. The van der Waals surface area contributed by atoms with Crippen molar-refractivity contribution >= 4 is 176 Å². The Morgan fingerprint density at radius 3 is 2.05 bits per heavy atom. The maximum Gasteiger partial charge on any atom is 0.251 e. The minimum absolute atomic E-state index is 0.0934. The molecule has 0 bridgehead atoms. The first-order valence-corrected chi connectivity index (χ1v) is 33.7. The molecule has 22 heteroatoms. The Morgan fingerprint density at radius 2 is 1.51 bits per heavy atom. The van der Waals surface area contributed by atoms with Gasteiger partial charge >= 0.3 is 0 Å². The van der Waals surface area contributed by atoms with Gasteiger partial charge in [-0.3, -0.25) is 16.7 Å². The van der Waals surface area contributed by atoms with Crippen LogP contribution in [0.1, 0.15) is 41.3 Å². The van der Waals surface area contributed by atoms with Crippen molar-refractivity contribution in [3.63, 3.8) is 0 Å². The zero-order valence-electron chi connectivity index (χ0n) is 22.2. The number of nitrogens with zero attached hydrogens (tertiary/aromatic N) is 4. The van der Waals surface area contributed by atoms with Crippen LogP contribution in [0.3, 0.4) is 0 Å². The molecular weight excluding hydrogens is 946 g/mol. The number of likely N-dealkylation sites (tertiary alicyclic amines) is 1. The van der Waals surface area contributed by atoms with Crippen LogP contribution >= 0.6 is 21.2 Å². The number of halogens is 1. The normalized spacial score (nSPS) is 14.9. The van der Waals surface area contributed by atoms with Crippen molar-refractivity contribution in [2.45, 2.75) is 39.4 Å². The zero-order valence-corrected chi connectivity index (χ0v) is 36.6. The average Bonchev–Trinajstić information content (AvgIpc) is 3.61. The molecule has 0 radical (unpaired) electrons. The largest absolute Gasteiger partial charge is 0.348 e. The lowest BCUT2D eigenvalue weighted by Gasteiger charge is -2.26. The van der Waals surface area contributed by atoms with Gasteiger partial charge < -0.3 is 5.32 Å². The van der Waals surface area contributed by atoms with Crippen molar-refractivity contribution in [2.75, 3.05) is 13.1 Å². The molecule has 1 fully saturated rings. The third-order valence-electron chi connectivity index (χ3n) is 6.07. The summed E-state index contributed by atoms with van der Waals surface area (Å²) in [6, 6.07) is 14.0. The first-order valence-electron chi connectivity index (χ1n) is 12.1. The summed E-state index contributed by atoms with van der Waals surface area (Å²) in [5, 5.41) is 3.96. The SMILES string of the molecule is CCn1nnc2cc(C(=O)NCc3ccc(CN4CCCC4)cc3)ccc21.S=[S-](=S)S(=S)(=S)S(=S)(=S)S(=S)(=S)S(=S)(=S)I. The first-order chi connectivity index (χ1) is 19.9. The quantitative estimate of drug-likeness (QED) is 0.139. The summed E-state index contributed by atoms with van der Waals surface area (Å²) < 4.78 is -0.279. The summed E-state index contributed by atoms with van der Waals surface area (Å²) in [5.74, 6) is -0.0934. The van der Waals surface area contributed by atoms with Gasteiger partial charge in [-0.1, -0.05) is 57.1 Å². The van der Waals surface area contributed by atoms with Crippen LogP contribution in [0.4, 0.5) is 0 Å². The number of carbonyl (C=O) groups excluding carboxylic acids is 1. The van der Waals surface area contributed by atoms with Gasteiger partial charge in [0.15, 0.2) is 0 Å². The Bertz CT molecular complexity index is 2000. The van der Waals surface area contributed by atoms with Crippen LogP contribution in [0.2, 0.25) is 0 Å². The van der Waals surface area contributed by atoms with Gasteiger partial charge in [-0.25, -0.2) is 27.1 Å². The van der Waals surface area contributed by atoms with Gasteiger partial charge in [-0.15, -0.1) is 5.10 Å². The zero-order chi connectivity index (χ0) is 32.2. The van der Waals surface area contributed by atoms with E-state index in [9.17, 15) is 4.79 Å². The maximum absolute atomic E-state index is 12.5. The van der Waals surface area contributed by atoms with E-state index in [-0.39, 0.29) is 5.91 Å².